The van der Waals surface area contributed by atoms with Gasteiger partial charge in [0, 0.05) is 4.47 Å². The highest BCUT2D eigenvalue weighted by atomic mass is 79.9. The first-order valence-corrected chi connectivity index (χ1v) is 6.58. The van der Waals surface area contributed by atoms with E-state index in [9.17, 15) is 0 Å². The van der Waals surface area contributed by atoms with Crippen LogP contribution in [0.15, 0.2) is 43.8 Å². The number of hydrogen-bond donors (Lipinski definition) is 1. The van der Waals surface area contributed by atoms with E-state index in [0.717, 1.165) is 40.4 Å². The Morgan fingerprint density at radius 3 is 2.17 bits per heavy atom. The maximum absolute atomic E-state index is 4.41. The molecule has 1 aliphatic heterocycles. The van der Waals surface area contributed by atoms with Crippen LogP contribution in [0.3, 0.4) is 0 Å². The van der Waals surface area contributed by atoms with Gasteiger partial charge in [-0.25, -0.2) is 0 Å². The van der Waals surface area contributed by atoms with Gasteiger partial charge < -0.3 is 0 Å². The predicted octanol–water partition coefficient (Wildman–Crippen LogP) is 3.15. The number of hydrogen-bond acceptors (Lipinski definition) is 4. The summed E-state index contributed by atoms with van der Waals surface area (Å²) in [6.07, 6.45) is 0. The summed E-state index contributed by atoms with van der Waals surface area (Å²) in [5, 5.41) is 4.39. The van der Waals surface area contributed by atoms with Crippen molar-refractivity contribution in [3.05, 3.63) is 28.7 Å². The van der Waals surface area contributed by atoms with Crippen LogP contribution in [0.4, 0.5) is 5.69 Å². The molecule has 1 heterocycles. The Bertz CT molecular complexity index is 492. The van der Waals surface area contributed by atoms with E-state index in [1.54, 1.807) is 0 Å². The monoisotopic (exact) mass is 306 g/mol. The van der Waals surface area contributed by atoms with Gasteiger partial charge in [-0.05, 0) is 38.1 Å². The second-order valence-electron chi connectivity index (χ2n) is 4.01. The molecule has 1 aromatic carbocycles. The van der Waals surface area contributed by atoms with Crippen molar-refractivity contribution in [2.45, 2.75) is 13.8 Å². The van der Waals surface area contributed by atoms with Crippen molar-refractivity contribution >= 4 is 38.8 Å². The number of nitrogens with zero attached hydrogens (tertiary/aromatic N) is 3. The lowest BCUT2D eigenvalue weighted by molar-refractivity contribution is 0.983. The van der Waals surface area contributed by atoms with Gasteiger partial charge in [0.2, 0.25) is 0 Å². The number of anilines is 1. The van der Waals surface area contributed by atoms with Crippen molar-refractivity contribution in [3.8, 4) is 0 Å². The van der Waals surface area contributed by atoms with Crippen LogP contribution >= 0.6 is 15.9 Å². The summed E-state index contributed by atoms with van der Waals surface area (Å²) in [6, 6.07) is 7.86. The molecule has 18 heavy (non-hydrogen) atoms. The molecule has 2 rings (SSSR count). The van der Waals surface area contributed by atoms with Crippen LogP contribution in [0, 0.1) is 0 Å². The number of aliphatic imine (C=N–C) groups is 2. The molecule has 0 atom stereocenters. The van der Waals surface area contributed by atoms with E-state index in [1.165, 1.54) is 0 Å². The van der Waals surface area contributed by atoms with Gasteiger partial charge in [0.15, 0.2) is 0 Å². The maximum atomic E-state index is 4.41. The molecule has 0 radical (unpaired) electrons. The summed E-state index contributed by atoms with van der Waals surface area (Å²) in [5.41, 5.74) is 6.66. The van der Waals surface area contributed by atoms with Crippen molar-refractivity contribution in [2.24, 2.45) is 15.1 Å². The quantitative estimate of drug-likeness (QED) is 0.838. The Labute approximate surface area is 115 Å². The van der Waals surface area contributed by atoms with E-state index in [1.807, 2.05) is 38.1 Å². The van der Waals surface area contributed by atoms with Gasteiger partial charge in [-0.1, -0.05) is 15.9 Å². The van der Waals surface area contributed by atoms with E-state index < -0.39 is 0 Å². The molecule has 0 fully saturated rings. The third kappa shape index (κ3) is 3.26. The predicted molar refractivity (Wildman–Crippen MR) is 81.2 cm³/mol. The van der Waals surface area contributed by atoms with E-state index in [4.69, 9.17) is 0 Å². The fourth-order valence-corrected chi connectivity index (χ4v) is 1.92. The van der Waals surface area contributed by atoms with Crippen LogP contribution in [-0.4, -0.2) is 30.2 Å². The van der Waals surface area contributed by atoms with Gasteiger partial charge in [-0.2, -0.15) is 5.10 Å². The molecular formula is C13H15BrN4. The minimum absolute atomic E-state index is 0.737. The Balaban J connectivity index is 2.19. The molecule has 0 spiro atoms. The molecule has 1 aliphatic rings. The Hall–Kier alpha value is -1.49. The molecule has 4 nitrogen and oxygen atoms in total. The summed E-state index contributed by atoms with van der Waals surface area (Å²) in [6.45, 7) is 5.40. The molecule has 94 valence electrons. The van der Waals surface area contributed by atoms with Gasteiger partial charge in [0.25, 0.3) is 0 Å². The van der Waals surface area contributed by atoms with Crippen molar-refractivity contribution < 1.29 is 0 Å². The summed E-state index contributed by atoms with van der Waals surface area (Å²) in [7, 11) is 0. The second kappa shape index (κ2) is 5.91. The van der Waals surface area contributed by atoms with Gasteiger partial charge in [0.05, 0.1) is 30.2 Å². The first-order chi connectivity index (χ1) is 8.66. The lowest BCUT2D eigenvalue weighted by atomic mass is 10.2. The molecule has 1 N–H and O–H groups in total. The van der Waals surface area contributed by atoms with Crippen LogP contribution < -0.4 is 5.43 Å². The molecule has 0 aromatic heterocycles. The third-order valence-electron chi connectivity index (χ3n) is 2.62. The average Bonchev–Trinajstić information content (AvgIpc) is 2.51. The van der Waals surface area contributed by atoms with E-state index in [2.05, 4.69) is 36.4 Å². The molecule has 0 saturated heterocycles. The molecule has 0 bridgehead atoms. The highest BCUT2D eigenvalue weighted by Crippen LogP contribution is 2.14. The Morgan fingerprint density at radius 2 is 1.61 bits per heavy atom. The van der Waals surface area contributed by atoms with Crippen LogP contribution in [0.5, 0.6) is 0 Å². The highest BCUT2D eigenvalue weighted by Gasteiger charge is 2.10. The SMILES string of the molecule is CC1=NCCN=C(C)C1=NNc1ccc(Br)cc1. The van der Waals surface area contributed by atoms with Gasteiger partial charge in [-0.15, -0.1) is 0 Å². The zero-order valence-corrected chi connectivity index (χ0v) is 12.0. The molecule has 0 aliphatic carbocycles. The summed E-state index contributed by atoms with van der Waals surface area (Å²) in [4.78, 5) is 8.81. The largest absolute Gasteiger partial charge is 0.286 e. The van der Waals surface area contributed by atoms with Gasteiger partial charge >= 0.3 is 0 Å². The van der Waals surface area contributed by atoms with Crippen LogP contribution in [0.25, 0.3) is 0 Å². The minimum Gasteiger partial charge on any atom is -0.286 e. The second-order valence-corrected chi connectivity index (χ2v) is 4.93. The zero-order valence-electron chi connectivity index (χ0n) is 10.4. The van der Waals surface area contributed by atoms with Crippen LogP contribution in [0.1, 0.15) is 13.8 Å². The van der Waals surface area contributed by atoms with Crippen molar-refractivity contribution in [1.82, 2.24) is 0 Å². The number of halogens is 1. The minimum atomic E-state index is 0.737. The number of benzene rings is 1. The molecule has 1 aromatic rings. The van der Waals surface area contributed by atoms with E-state index in [0.29, 0.717) is 0 Å². The van der Waals surface area contributed by atoms with Gasteiger partial charge in [-0.3, -0.25) is 15.4 Å². The van der Waals surface area contributed by atoms with Crippen molar-refractivity contribution in [3.63, 3.8) is 0 Å². The third-order valence-corrected chi connectivity index (χ3v) is 3.15. The molecule has 0 amide bonds. The number of nitrogens with one attached hydrogen (secondary N) is 1. The summed E-state index contributed by atoms with van der Waals surface area (Å²) >= 11 is 3.40. The van der Waals surface area contributed by atoms with E-state index in [-0.39, 0.29) is 0 Å². The molecule has 5 heteroatoms. The first kappa shape index (κ1) is 13.0. The van der Waals surface area contributed by atoms with Crippen molar-refractivity contribution in [2.75, 3.05) is 18.5 Å². The summed E-state index contributed by atoms with van der Waals surface area (Å²) < 4.78 is 1.05. The smallest absolute Gasteiger partial charge is 0.125 e. The standard InChI is InChI=1S/C13H15BrN4/c1-9-13(10(2)16-8-7-15-9)18-17-12-5-3-11(14)4-6-12/h3-6,17H,7-8H2,1-2H3. The van der Waals surface area contributed by atoms with Gasteiger partial charge in [0.1, 0.15) is 5.71 Å². The molecule has 0 saturated carbocycles. The number of rotatable bonds is 2. The Morgan fingerprint density at radius 1 is 1.06 bits per heavy atom. The van der Waals surface area contributed by atoms with Crippen molar-refractivity contribution in [1.29, 1.82) is 0 Å². The van der Waals surface area contributed by atoms with Crippen LogP contribution in [-0.2, 0) is 0 Å². The fraction of sp³-hybridized carbons (Fsp3) is 0.308. The lowest BCUT2D eigenvalue weighted by Gasteiger charge is -2.05. The highest BCUT2D eigenvalue weighted by molar-refractivity contribution is 9.10. The fourth-order valence-electron chi connectivity index (χ4n) is 1.65. The lowest BCUT2D eigenvalue weighted by Crippen LogP contribution is -2.20. The first-order valence-electron chi connectivity index (χ1n) is 5.79. The maximum Gasteiger partial charge on any atom is 0.125 e. The molecule has 0 unspecified atom stereocenters. The molecular weight excluding hydrogens is 292 g/mol. The zero-order chi connectivity index (χ0) is 13.0. The summed E-state index contributed by atoms with van der Waals surface area (Å²) in [5.74, 6) is 0. The van der Waals surface area contributed by atoms with Crippen LogP contribution in [0.2, 0.25) is 0 Å². The van der Waals surface area contributed by atoms with E-state index >= 15 is 0 Å². The normalized spacial score (nSPS) is 15.6. The topological polar surface area (TPSA) is 49.1 Å². The average molecular weight is 307 g/mol. The number of hydrazone groups is 1. The Kier molecular flexibility index (Phi) is 4.25.